The number of carbonyl (C=O) groups excluding carboxylic acids is 1. The number of aliphatic hydroxyl groups excluding tert-OH is 1. The van der Waals surface area contributed by atoms with E-state index in [4.69, 9.17) is 4.42 Å². The third-order valence-corrected chi connectivity index (χ3v) is 4.51. The van der Waals surface area contributed by atoms with Crippen LogP contribution in [0.25, 0.3) is 0 Å². The number of aryl methyl sites for hydroxylation is 1. The van der Waals surface area contributed by atoms with Gasteiger partial charge >= 0.3 is 0 Å². The Morgan fingerprint density at radius 2 is 1.88 bits per heavy atom. The van der Waals surface area contributed by atoms with Gasteiger partial charge in [0.05, 0.1) is 13.0 Å². The van der Waals surface area contributed by atoms with Crippen molar-refractivity contribution >= 4 is 5.91 Å². The molecule has 0 radical (unpaired) electrons. The third-order valence-electron chi connectivity index (χ3n) is 4.51. The molecule has 1 aliphatic rings. The first-order valence-electron chi connectivity index (χ1n) is 8.58. The van der Waals surface area contributed by atoms with E-state index >= 15 is 0 Å². The van der Waals surface area contributed by atoms with E-state index in [0.717, 1.165) is 13.1 Å². The molecule has 7 nitrogen and oxygen atoms in total. The molecule has 0 bridgehead atoms. The first-order valence-corrected chi connectivity index (χ1v) is 8.58. The van der Waals surface area contributed by atoms with E-state index in [1.165, 1.54) is 18.1 Å². The molecule has 1 atom stereocenters. The summed E-state index contributed by atoms with van der Waals surface area (Å²) in [6, 6.07) is 8.16. The van der Waals surface area contributed by atoms with Gasteiger partial charge in [-0.15, -0.1) is 10.2 Å². The lowest BCUT2D eigenvalue weighted by Gasteiger charge is -2.34. The average molecular weight is 344 g/mol. The van der Waals surface area contributed by atoms with Crippen molar-refractivity contribution in [1.82, 2.24) is 20.0 Å². The minimum absolute atomic E-state index is 0.210. The summed E-state index contributed by atoms with van der Waals surface area (Å²) >= 11 is 0. The molecule has 1 saturated heterocycles. The molecule has 1 fully saturated rings. The predicted molar refractivity (Wildman–Crippen MR) is 91.8 cm³/mol. The number of carbonyl (C=O) groups is 1. The fraction of sp³-hybridized carbons (Fsp3) is 0.500. The minimum atomic E-state index is -0.938. The van der Waals surface area contributed by atoms with E-state index in [9.17, 15) is 9.90 Å². The molecule has 1 unspecified atom stereocenters. The molecule has 0 spiro atoms. The molecule has 1 aromatic heterocycles. The lowest BCUT2D eigenvalue weighted by molar-refractivity contribution is -0.141. The number of aliphatic hydroxyl groups is 1. The van der Waals surface area contributed by atoms with Crippen molar-refractivity contribution in [2.45, 2.75) is 32.9 Å². The average Bonchev–Trinajstić information content (AvgIpc) is 3.04. The van der Waals surface area contributed by atoms with Gasteiger partial charge in [-0.3, -0.25) is 9.69 Å². The van der Waals surface area contributed by atoms with Crippen LogP contribution in [0.2, 0.25) is 0 Å². The number of amides is 1. The first kappa shape index (κ1) is 17.6. The Morgan fingerprint density at radius 3 is 2.56 bits per heavy atom. The van der Waals surface area contributed by atoms with Crippen molar-refractivity contribution in [2.24, 2.45) is 0 Å². The molecule has 2 heterocycles. The largest absolute Gasteiger partial charge is 0.424 e. The van der Waals surface area contributed by atoms with Crippen LogP contribution in [0.4, 0.5) is 0 Å². The van der Waals surface area contributed by atoms with Gasteiger partial charge in [0.2, 0.25) is 11.8 Å². The van der Waals surface area contributed by atoms with E-state index in [-0.39, 0.29) is 5.91 Å². The Labute approximate surface area is 147 Å². The van der Waals surface area contributed by atoms with Gasteiger partial charge in [-0.25, -0.2) is 0 Å². The molecular weight excluding hydrogens is 320 g/mol. The standard InChI is InChI=1S/C18H24N4O3/c1-13-5-3-4-6-15(13)11-16-19-20-17(25-16)12-21-7-9-22(10-8-21)18(24)14(2)23/h3-6,14,23H,7-12H2,1-2H3. The summed E-state index contributed by atoms with van der Waals surface area (Å²) in [7, 11) is 0. The first-order chi connectivity index (χ1) is 12.0. The summed E-state index contributed by atoms with van der Waals surface area (Å²) in [5.41, 5.74) is 2.39. The fourth-order valence-electron chi connectivity index (χ4n) is 2.98. The topological polar surface area (TPSA) is 82.7 Å². The smallest absolute Gasteiger partial charge is 0.251 e. The zero-order valence-electron chi connectivity index (χ0n) is 14.7. The highest BCUT2D eigenvalue weighted by atomic mass is 16.4. The van der Waals surface area contributed by atoms with E-state index in [1.807, 2.05) is 12.1 Å². The van der Waals surface area contributed by atoms with Gasteiger partial charge in [0.1, 0.15) is 6.10 Å². The number of rotatable bonds is 5. The summed E-state index contributed by atoms with van der Waals surface area (Å²) in [6.45, 7) is 6.82. The van der Waals surface area contributed by atoms with Gasteiger partial charge < -0.3 is 14.4 Å². The Bertz CT molecular complexity index is 721. The molecule has 25 heavy (non-hydrogen) atoms. The maximum atomic E-state index is 11.8. The van der Waals surface area contributed by atoms with E-state index in [0.29, 0.717) is 37.8 Å². The van der Waals surface area contributed by atoms with Crippen LogP contribution >= 0.6 is 0 Å². The maximum absolute atomic E-state index is 11.8. The lowest BCUT2D eigenvalue weighted by atomic mass is 10.1. The van der Waals surface area contributed by atoms with Crippen molar-refractivity contribution in [1.29, 1.82) is 0 Å². The molecule has 1 amide bonds. The Morgan fingerprint density at radius 1 is 1.20 bits per heavy atom. The second kappa shape index (κ2) is 7.76. The lowest BCUT2D eigenvalue weighted by Crippen LogP contribution is -2.50. The van der Waals surface area contributed by atoms with Crippen LogP contribution < -0.4 is 0 Å². The molecule has 0 aliphatic carbocycles. The van der Waals surface area contributed by atoms with Crippen molar-refractivity contribution in [3.05, 3.63) is 47.2 Å². The van der Waals surface area contributed by atoms with E-state index in [2.05, 4.69) is 34.2 Å². The molecular formula is C18H24N4O3. The Kier molecular flexibility index (Phi) is 5.45. The third kappa shape index (κ3) is 4.43. The Hall–Kier alpha value is -2.25. The second-order valence-electron chi connectivity index (χ2n) is 6.47. The van der Waals surface area contributed by atoms with Crippen LogP contribution in [0, 0.1) is 6.92 Å². The summed E-state index contributed by atoms with van der Waals surface area (Å²) < 4.78 is 5.77. The van der Waals surface area contributed by atoms with Crippen LogP contribution in [0.15, 0.2) is 28.7 Å². The summed E-state index contributed by atoms with van der Waals surface area (Å²) in [5.74, 6) is 1.00. The molecule has 1 N–H and O–H groups in total. The highest BCUT2D eigenvalue weighted by Gasteiger charge is 2.24. The quantitative estimate of drug-likeness (QED) is 0.871. The number of piperazine rings is 1. The summed E-state index contributed by atoms with van der Waals surface area (Å²) in [5, 5.41) is 17.7. The molecule has 134 valence electrons. The zero-order chi connectivity index (χ0) is 17.8. The molecule has 2 aromatic rings. The van der Waals surface area contributed by atoms with E-state index < -0.39 is 6.10 Å². The van der Waals surface area contributed by atoms with Crippen molar-refractivity contribution in [3.8, 4) is 0 Å². The van der Waals surface area contributed by atoms with Gasteiger partial charge in [0.25, 0.3) is 5.91 Å². The number of benzene rings is 1. The number of hydrogen-bond acceptors (Lipinski definition) is 6. The van der Waals surface area contributed by atoms with Gasteiger partial charge in [-0.1, -0.05) is 24.3 Å². The zero-order valence-corrected chi connectivity index (χ0v) is 14.7. The monoisotopic (exact) mass is 344 g/mol. The number of nitrogens with zero attached hydrogens (tertiary/aromatic N) is 4. The highest BCUT2D eigenvalue weighted by molar-refractivity contribution is 5.80. The minimum Gasteiger partial charge on any atom is -0.424 e. The SMILES string of the molecule is Cc1ccccc1Cc1nnc(CN2CCN(C(=O)C(C)O)CC2)o1. The van der Waals surface area contributed by atoms with Gasteiger partial charge in [0.15, 0.2) is 0 Å². The van der Waals surface area contributed by atoms with Gasteiger partial charge in [-0.05, 0) is 25.0 Å². The fourth-order valence-corrected chi connectivity index (χ4v) is 2.98. The summed E-state index contributed by atoms with van der Waals surface area (Å²) in [4.78, 5) is 15.7. The molecule has 1 aliphatic heterocycles. The molecule has 3 rings (SSSR count). The maximum Gasteiger partial charge on any atom is 0.251 e. The van der Waals surface area contributed by atoms with Crippen LogP contribution in [-0.4, -0.2) is 63.3 Å². The molecule has 1 aromatic carbocycles. The molecule has 7 heteroatoms. The summed E-state index contributed by atoms with van der Waals surface area (Å²) in [6.07, 6.45) is -0.303. The predicted octanol–water partition coefficient (Wildman–Crippen LogP) is 0.994. The van der Waals surface area contributed by atoms with Crippen LogP contribution in [0.1, 0.15) is 29.8 Å². The second-order valence-corrected chi connectivity index (χ2v) is 6.47. The number of aromatic nitrogens is 2. The Balaban J connectivity index is 1.53. The van der Waals surface area contributed by atoms with Gasteiger partial charge in [0, 0.05) is 26.2 Å². The van der Waals surface area contributed by atoms with Crippen molar-refractivity contribution in [2.75, 3.05) is 26.2 Å². The van der Waals surface area contributed by atoms with Crippen molar-refractivity contribution in [3.63, 3.8) is 0 Å². The van der Waals surface area contributed by atoms with Crippen LogP contribution in [-0.2, 0) is 17.8 Å². The van der Waals surface area contributed by atoms with Crippen LogP contribution in [0.5, 0.6) is 0 Å². The normalized spacial score (nSPS) is 16.8. The highest BCUT2D eigenvalue weighted by Crippen LogP contribution is 2.14. The number of hydrogen-bond donors (Lipinski definition) is 1. The van der Waals surface area contributed by atoms with Crippen LogP contribution in [0.3, 0.4) is 0 Å². The van der Waals surface area contributed by atoms with Gasteiger partial charge in [-0.2, -0.15) is 0 Å². The van der Waals surface area contributed by atoms with Crippen molar-refractivity contribution < 1.29 is 14.3 Å². The molecule has 0 saturated carbocycles. The van der Waals surface area contributed by atoms with E-state index in [1.54, 1.807) is 4.90 Å².